The molecule has 0 aromatic heterocycles. The molecule has 12 heteroatoms. The lowest BCUT2D eigenvalue weighted by molar-refractivity contribution is -0.151. The molecule has 2 aromatic rings. The van der Waals surface area contributed by atoms with Crippen molar-refractivity contribution in [3.63, 3.8) is 0 Å². The molecule has 2 aromatic carbocycles. The van der Waals surface area contributed by atoms with Crippen LogP contribution < -0.4 is 9.47 Å². The summed E-state index contributed by atoms with van der Waals surface area (Å²) in [6.45, 7) is 3.95. The standard InChI is InChI=1S/C26H35NO10S/c1-8-36-26(29)24(20-13-14-22(32-4)25(35-7)21(20)16-37-18(3)28)27(15-23(33-5)34-6)38(30,31)19-11-9-17(2)10-12-19/h9-14,23-24H,8,15-16H2,1-7H3. The van der Waals surface area contributed by atoms with Crippen molar-refractivity contribution in [3.8, 4) is 11.5 Å². The van der Waals surface area contributed by atoms with Crippen molar-refractivity contribution in [2.24, 2.45) is 0 Å². The second-order valence-corrected chi connectivity index (χ2v) is 9.98. The number of esters is 2. The van der Waals surface area contributed by atoms with E-state index < -0.39 is 34.3 Å². The first kappa shape index (κ1) is 31.0. The van der Waals surface area contributed by atoms with Crippen LogP contribution in [0.5, 0.6) is 11.5 Å². The van der Waals surface area contributed by atoms with Crippen LogP contribution >= 0.6 is 0 Å². The Kier molecular flexibility index (Phi) is 11.5. The van der Waals surface area contributed by atoms with E-state index in [-0.39, 0.29) is 41.5 Å². The highest BCUT2D eigenvalue weighted by Gasteiger charge is 2.41. The van der Waals surface area contributed by atoms with Crippen molar-refractivity contribution in [2.75, 3.05) is 41.6 Å². The van der Waals surface area contributed by atoms with Gasteiger partial charge in [-0.25, -0.2) is 13.2 Å². The number of hydrogen-bond acceptors (Lipinski definition) is 10. The zero-order chi connectivity index (χ0) is 28.5. The maximum absolute atomic E-state index is 14.1. The third-order valence-corrected chi connectivity index (χ3v) is 7.52. The smallest absolute Gasteiger partial charge is 0.329 e. The summed E-state index contributed by atoms with van der Waals surface area (Å²) in [4.78, 5) is 25.2. The first-order chi connectivity index (χ1) is 18.0. The van der Waals surface area contributed by atoms with Gasteiger partial charge in [0, 0.05) is 26.7 Å². The number of aryl methyl sites for hydroxylation is 1. The van der Waals surface area contributed by atoms with Crippen molar-refractivity contribution in [2.45, 2.75) is 44.6 Å². The molecule has 38 heavy (non-hydrogen) atoms. The number of nitrogens with zero attached hydrogens (tertiary/aromatic N) is 1. The molecule has 0 aliphatic carbocycles. The number of carbonyl (C=O) groups excluding carboxylic acids is 2. The van der Waals surface area contributed by atoms with E-state index in [1.165, 1.54) is 59.6 Å². The van der Waals surface area contributed by atoms with Gasteiger partial charge in [0.1, 0.15) is 12.6 Å². The van der Waals surface area contributed by atoms with E-state index in [1.54, 1.807) is 19.1 Å². The summed E-state index contributed by atoms with van der Waals surface area (Å²) < 4.78 is 61.2. The molecule has 0 amide bonds. The van der Waals surface area contributed by atoms with Crippen LogP contribution in [0, 0.1) is 6.92 Å². The Morgan fingerprint density at radius 2 is 1.55 bits per heavy atom. The van der Waals surface area contributed by atoms with E-state index in [9.17, 15) is 18.0 Å². The topological polar surface area (TPSA) is 127 Å². The van der Waals surface area contributed by atoms with Crippen LogP contribution in [-0.4, -0.2) is 72.5 Å². The molecule has 0 saturated heterocycles. The van der Waals surface area contributed by atoms with Gasteiger partial charge in [-0.2, -0.15) is 4.31 Å². The van der Waals surface area contributed by atoms with E-state index in [0.717, 1.165) is 9.87 Å². The lowest BCUT2D eigenvalue weighted by Gasteiger charge is -2.33. The van der Waals surface area contributed by atoms with Crippen LogP contribution in [0.15, 0.2) is 41.3 Å². The number of methoxy groups -OCH3 is 4. The van der Waals surface area contributed by atoms with Gasteiger partial charge in [0.25, 0.3) is 0 Å². The van der Waals surface area contributed by atoms with Crippen LogP contribution in [0.1, 0.15) is 36.6 Å². The molecule has 0 N–H and O–H groups in total. The van der Waals surface area contributed by atoms with Gasteiger partial charge in [-0.3, -0.25) is 4.79 Å². The van der Waals surface area contributed by atoms with E-state index in [2.05, 4.69) is 0 Å². The Morgan fingerprint density at radius 1 is 0.921 bits per heavy atom. The van der Waals surface area contributed by atoms with E-state index in [4.69, 9.17) is 28.4 Å². The van der Waals surface area contributed by atoms with Crippen LogP contribution in [-0.2, 0) is 45.2 Å². The third kappa shape index (κ3) is 7.22. The van der Waals surface area contributed by atoms with Gasteiger partial charge in [-0.1, -0.05) is 23.8 Å². The van der Waals surface area contributed by atoms with Gasteiger partial charge >= 0.3 is 11.9 Å². The fourth-order valence-corrected chi connectivity index (χ4v) is 5.33. The normalized spacial score (nSPS) is 12.3. The predicted molar refractivity (Wildman–Crippen MR) is 137 cm³/mol. The Hall–Kier alpha value is -3.19. The minimum absolute atomic E-state index is 0.0156. The summed E-state index contributed by atoms with van der Waals surface area (Å²) in [5, 5.41) is 0. The van der Waals surface area contributed by atoms with Crippen molar-refractivity contribution < 1.29 is 46.4 Å². The Balaban J connectivity index is 2.89. The third-order valence-electron chi connectivity index (χ3n) is 5.68. The molecule has 0 aliphatic rings. The zero-order valence-corrected chi connectivity index (χ0v) is 23.5. The molecule has 1 unspecified atom stereocenters. The van der Waals surface area contributed by atoms with Crippen molar-refractivity contribution in [1.82, 2.24) is 4.31 Å². The van der Waals surface area contributed by atoms with E-state index in [0.29, 0.717) is 5.75 Å². The largest absolute Gasteiger partial charge is 0.493 e. The molecular weight excluding hydrogens is 518 g/mol. The van der Waals surface area contributed by atoms with Gasteiger partial charge < -0.3 is 28.4 Å². The van der Waals surface area contributed by atoms with Gasteiger partial charge in [-0.15, -0.1) is 0 Å². The molecule has 11 nitrogen and oxygen atoms in total. The van der Waals surface area contributed by atoms with Crippen LogP contribution in [0.2, 0.25) is 0 Å². The molecule has 0 aliphatic heterocycles. The minimum atomic E-state index is -4.33. The molecule has 0 saturated carbocycles. The SMILES string of the molecule is CCOC(=O)C(c1ccc(OC)c(OC)c1COC(C)=O)N(CC(OC)OC)S(=O)(=O)c1ccc(C)cc1. The number of benzene rings is 2. The molecule has 0 heterocycles. The summed E-state index contributed by atoms with van der Waals surface area (Å²) in [5.41, 5.74) is 1.26. The Bertz CT molecular complexity index is 1190. The first-order valence-electron chi connectivity index (χ1n) is 11.7. The highest BCUT2D eigenvalue weighted by molar-refractivity contribution is 7.89. The number of carbonyl (C=O) groups is 2. The summed E-state index contributed by atoms with van der Waals surface area (Å²) in [7, 11) is 1.18. The Labute approximate surface area is 223 Å². The monoisotopic (exact) mass is 553 g/mol. The minimum Gasteiger partial charge on any atom is -0.493 e. The number of ether oxygens (including phenoxy) is 6. The highest BCUT2D eigenvalue weighted by Crippen LogP contribution is 2.40. The average molecular weight is 554 g/mol. The molecule has 1 atom stereocenters. The van der Waals surface area contributed by atoms with Gasteiger partial charge in [-0.05, 0) is 37.6 Å². The lowest BCUT2D eigenvalue weighted by atomic mass is 9.98. The second kappa shape index (κ2) is 14.1. The zero-order valence-electron chi connectivity index (χ0n) is 22.7. The number of hydrogen-bond donors (Lipinski definition) is 0. The average Bonchev–Trinajstić information content (AvgIpc) is 2.89. The molecule has 2 rings (SSSR count). The van der Waals surface area contributed by atoms with Crippen molar-refractivity contribution in [1.29, 1.82) is 0 Å². The van der Waals surface area contributed by atoms with E-state index in [1.807, 2.05) is 6.92 Å². The molecule has 0 radical (unpaired) electrons. The van der Waals surface area contributed by atoms with Crippen molar-refractivity contribution in [3.05, 3.63) is 53.1 Å². The molecule has 210 valence electrons. The fourth-order valence-electron chi connectivity index (χ4n) is 3.79. The Morgan fingerprint density at radius 3 is 2.05 bits per heavy atom. The second-order valence-electron chi connectivity index (χ2n) is 8.09. The van der Waals surface area contributed by atoms with Crippen molar-refractivity contribution >= 4 is 22.0 Å². The number of rotatable bonds is 14. The fraction of sp³-hybridized carbons (Fsp3) is 0.462. The maximum atomic E-state index is 14.1. The molecular formula is C26H35NO10S. The van der Waals surface area contributed by atoms with Crippen LogP contribution in [0.3, 0.4) is 0 Å². The molecule has 0 fully saturated rings. The van der Waals surface area contributed by atoms with Crippen LogP contribution in [0.4, 0.5) is 0 Å². The van der Waals surface area contributed by atoms with E-state index >= 15 is 0 Å². The lowest BCUT2D eigenvalue weighted by Crippen LogP contribution is -2.45. The highest BCUT2D eigenvalue weighted by atomic mass is 32.2. The van der Waals surface area contributed by atoms with Crippen LogP contribution in [0.25, 0.3) is 0 Å². The summed E-state index contributed by atoms with van der Waals surface area (Å²) >= 11 is 0. The summed E-state index contributed by atoms with van der Waals surface area (Å²) in [6, 6.07) is 7.70. The van der Waals surface area contributed by atoms with Gasteiger partial charge in [0.2, 0.25) is 10.0 Å². The summed E-state index contributed by atoms with van der Waals surface area (Å²) in [6.07, 6.45) is -1.02. The summed E-state index contributed by atoms with van der Waals surface area (Å²) in [5.74, 6) is -0.981. The molecule has 0 spiro atoms. The van der Waals surface area contributed by atoms with Gasteiger partial charge in [0.05, 0.1) is 32.3 Å². The quantitative estimate of drug-likeness (QED) is 0.254. The number of sulfonamides is 1. The van der Waals surface area contributed by atoms with Gasteiger partial charge in [0.15, 0.2) is 17.8 Å². The first-order valence-corrected chi connectivity index (χ1v) is 13.2. The predicted octanol–water partition coefficient (Wildman–Crippen LogP) is 2.99. The maximum Gasteiger partial charge on any atom is 0.329 e. The molecule has 0 bridgehead atoms.